The molecule has 0 bridgehead atoms. The molecule has 0 N–H and O–H groups in total. The molecule has 1 aliphatic rings. The monoisotopic (exact) mass is 277 g/mol. The Kier molecular flexibility index (Phi) is 3.88. The van der Waals surface area contributed by atoms with Crippen molar-refractivity contribution < 1.29 is 9.47 Å². The molecule has 21 heavy (non-hydrogen) atoms. The highest BCUT2D eigenvalue weighted by atomic mass is 16.7. The van der Waals surface area contributed by atoms with Crippen LogP contribution in [0.2, 0.25) is 0 Å². The lowest BCUT2D eigenvalue weighted by Gasteiger charge is -2.14. The van der Waals surface area contributed by atoms with Crippen molar-refractivity contribution in [1.82, 2.24) is 0 Å². The minimum absolute atomic E-state index is 0.359. The van der Waals surface area contributed by atoms with Crippen molar-refractivity contribution in [2.75, 3.05) is 0 Å². The molecule has 0 saturated carbocycles. The van der Waals surface area contributed by atoms with E-state index in [0.29, 0.717) is 12.2 Å². The van der Waals surface area contributed by atoms with Crippen LogP contribution in [0.4, 0.5) is 0 Å². The van der Waals surface area contributed by atoms with Crippen LogP contribution in [0, 0.1) is 11.3 Å². The van der Waals surface area contributed by atoms with Gasteiger partial charge in [-0.25, -0.2) is 0 Å². The van der Waals surface area contributed by atoms with Crippen LogP contribution in [0.1, 0.15) is 17.0 Å². The predicted molar refractivity (Wildman–Crippen MR) is 79.0 cm³/mol. The number of allylic oxidation sites excluding steroid dienone is 1. The number of ether oxygens (including phenoxy) is 2. The van der Waals surface area contributed by atoms with E-state index >= 15 is 0 Å². The molecule has 0 fully saturated rings. The quantitative estimate of drug-likeness (QED) is 0.854. The number of rotatable bonds is 4. The molecule has 2 aromatic carbocycles. The first-order valence-electron chi connectivity index (χ1n) is 6.87. The van der Waals surface area contributed by atoms with Crippen molar-refractivity contribution >= 4 is 0 Å². The predicted octanol–water partition coefficient (Wildman–Crippen LogP) is 3.75. The molecule has 0 radical (unpaired) electrons. The van der Waals surface area contributed by atoms with E-state index in [1.54, 1.807) is 6.26 Å². The number of nitrogens with zero attached hydrogens (tertiary/aromatic N) is 1. The second kappa shape index (κ2) is 6.15. The fraction of sp³-hybridized carbons (Fsp3) is 0.167. The van der Waals surface area contributed by atoms with Gasteiger partial charge in [0.1, 0.15) is 12.2 Å². The molecule has 3 rings (SSSR count). The maximum Gasteiger partial charge on any atom is 0.244 e. The Hall–Kier alpha value is -2.73. The SMILES string of the molecule is N#CC(C1=COC(Cc2ccccc2)O1)c1ccccc1. The Labute approximate surface area is 124 Å². The Balaban J connectivity index is 1.67. The van der Waals surface area contributed by atoms with E-state index in [1.807, 2.05) is 60.7 Å². The molecule has 2 aromatic rings. The molecule has 0 saturated heterocycles. The lowest BCUT2D eigenvalue weighted by atomic mass is 9.99. The number of hydrogen-bond donors (Lipinski definition) is 0. The van der Waals surface area contributed by atoms with E-state index in [2.05, 4.69) is 6.07 Å². The Morgan fingerprint density at radius 2 is 1.67 bits per heavy atom. The molecular weight excluding hydrogens is 262 g/mol. The van der Waals surface area contributed by atoms with Gasteiger partial charge in [-0.05, 0) is 11.1 Å². The topological polar surface area (TPSA) is 42.2 Å². The van der Waals surface area contributed by atoms with Gasteiger partial charge < -0.3 is 9.47 Å². The van der Waals surface area contributed by atoms with Crippen LogP contribution in [-0.2, 0) is 15.9 Å². The lowest BCUT2D eigenvalue weighted by molar-refractivity contribution is -0.0318. The van der Waals surface area contributed by atoms with Gasteiger partial charge in [-0.15, -0.1) is 0 Å². The molecular formula is C18H15NO2. The van der Waals surface area contributed by atoms with Gasteiger partial charge in [0.25, 0.3) is 0 Å². The summed E-state index contributed by atoms with van der Waals surface area (Å²) < 4.78 is 11.3. The summed E-state index contributed by atoms with van der Waals surface area (Å²) in [6.07, 6.45) is 1.87. The van der Waals surface area contributed by atoms with Gasteiger partial charge in [-0.3, -0.25) is 0 Å². The normalized spacial score (nSPS) is 18.0. The van der Waals surface area contributed by atoms with Crippen LogP contribution in [0.5, 0.6) is 0 Å². The van der Waals surface area contributed by atoms with Crippen molar-refractivity contribution in [2.24, 2.45) is 0 Å². The third-order valence-corrected chi connectivity index (χ3v) is 3.40. The fourth-order valence-electron chi connectivity index (χ4n) is 2.33. The molecule has 3 nitrogen and oxygen atoms in total. The standard InChI is InChI=1S/C18H15NO2/c19-12-16(15-9-5-2-6-10-15)17-13-20-18(21-17)11-14-7-3-1-4-8-14/h1-10,13,16,18H,11H2. The summed E-state index contributed by atoms with van der Waals surface area (Å²) in [5.41, 5.74) is 2.06. The summed E-state index contributed by atoms with van der Waals surface area (Å²) in [4.78, 5) is 0. The number of nitriles is 1. The zero-order chi connectivity index (χ0) is 14.5. The zero-order valence-electron chi connectivity index (χ0n) is 11.5. The van der Waals surface area contributed by atoms with E-state index in [-0.39, 0.29) is 6.29 Å². The van der Waals surface area contributed by atoms with Crippen molar-refractivity contribution in [2.45, 2.75) is 18.6 Å². The van der Waals surface area contributed by atoms with Gasteiger partial charge in [0.15, 0.2) is 5.76 Å². The molecule has 1 aliphatic heterocycles. The van der Waals surface area contributed by atoms with Crippen molar-refractivity contribution in [3.63, 3.8) is 0 Å². The van der Waals surface area contributed by atoms with E-state index in [9.17, 15) is 5.26 Å². The van der Waals surface area contributed by atoms with Gasteiger partial charge in [-0.1, -0.05) is 60.7 Å². The molecule has 2 atom stereocenters. The van der Waals surface area contributed by atoms with E-state index in [4.69, 9.17) is 9.47 Å². The molecule has 0 aliphatic carbocycles. The molecule has 0 aromatic heterocycles. The van der Waals surface area contributed by atoms with Crippen LogP contribution in [-0.4, -0.2) is 6.29 Å². The largest absolute Gasteiger partial charge is 0.459 e. The summed E-state index contributed by atoms with van der Waals surface area (Å²) in [6, 6.07) is 21.9. The summed E-state index contributed by atoms with van der Waals surface area (Å²) in [5.74, 6) is 0.150. The minimum atomic E-state index is -0.424. The number of hydrogen-bond acceptors (Lipinski definition) is 3. The minimum Gasteiger partial charge on any atom is -0.459 e. The highest BCUT2D eigenvalue weighted by Crippen LogP contribution is 2.30. The van der Waals surface area contributed by atoms with Crippen LogP contribution in [0.3, 0.4) is 0 Å². The molecule has 104 valence electrons. The van der Waals surface area contributed by atoms with E-state index in [0.717, 1.165) is 11.1 Å². The Bertz CT molecular complexity index is 659. The Morgan fingerprint density at radius 1 is 1.00 bits per heavy atom. The molecule has 0 amide bonds. The molecule has 2 unspecified atom stereocenters. The third-order valence-electron chi connectivity index (χ3n) is 3.40. The average molecular weight is 277 g/mol. The molecule has 0 spiro atoms. The third kappa shape index (κ3) is 3.06. The second-order valence-electron chi connectivity index (χ2n) is 4.87. The van der Waals surface area contributed by atoms with Crippen molar-refractivity contribution in [3.05, 3.63) is 83.8 Å². The summed E-state index contributed by atoms with van der Waals surface area (Å²) in [6.45, 7) is 0. The first-order valence-corrected chi connectivity index (χ1v) is 6.87. The second-order valence-corrected chi connectivity index (χ2v) is 4.87. The lowest BCUT2D eigenvalue weighted by Crippen LogP contribution is -2.13. The van der Waals surface area contributed by atoms with Gasteiger partial charge in [0.05, 0.1) is 6.07 Å². The summed E-state index contributed by atoms with van der Waals surface area (Å²) in [5, 5.41) is 9.39. The van der Waals surface area contributed by atoms with Gasteiger partial charge in [0, 0.05) is 6.42 Å². The van der Waals surface area contributed by atoms with Crippen LogP contribution >= 0.6 is 0 Å². The van der Waals surface area contributed by atoms with Crippen molar-refractivity contribution in [1.29, 1.82) is 5.26 Å². The first kappa shape index (κ1) is 13.3. The maximum atomic E-state index is 9.39. The smallest absolute Gasteiger partial charge is 0.244 e. The van der Waals surface area contributed by atoms with Gasteiger partial charge >= 0.3 is 0 Å². The fourth-order valence-corrected chi connectivity index (χ4v) is 2.33. The van der Waals surface area contributed by atoms with Crippen LogP contribution < -0.4 is 0 Å². The first-order chi connectivity index (χ1) is 10.4. The molecule has 3 heteroatoms. The van der Waals surface area contributed by atoms with Gasteiger partial charge in [-0.2, -0.15) is 5.26 Å². The number of benzene rings is 2. The average Bonchev–Trinajstić information content (AvgIpc) is 2.98. The molecule has 1 heterocycles. The Morgan fingerprint density at radius 3 is 2.33 bits per heavy atom. The highest BCUT2D eigenvalue weighted by Gasteiger charge is 2.27. The maximum absolute atomic E-state index is 9.39. The summed E-state index contributed by atoms with van der Waals surface area (Å²) >= 11 is 0. The summed E-state index contributed by atoms with van der Waals surface area (Å²) in [7, 11) is 0. The van der Waals surface area contributed by atoms with Gasteiger partial charge in [0.2, 0.25) is 6.29 Å². The van der Waals surface area contributed by atoms with E-state index in [1.165, 1.54) is 0 Å². The van der Waals surface area contributed by atoms with Crippen LogP contribution in [0.25, 0.3) is 0 Å². The van der Waals surface area contributed by atoms with Crippen LogP contribution in [0.15, 0.2) is 72.7 Å². The van der Waals surface area contributed by atoms with Crippen molar-refractivity contribution in [3.8, 4) is 6.07 Å². The van der Waals surface area contributed by atoms with E-state index < -0.39 is 5.92 Å². The zero-order valence-corrected chi connectivity index (χ0v) is 11.5. The highest BCUT2D eigenvalue weighted by molar-refractivity contribution is 5.32.